The van der Waals surface area contributed by atoms with Crippen molar-refractivity contribution in [2.24, 2.45) is 5.92 Å². The van der Waals surface area contributed by atoms with Gasteiger partial charge in [-0.1, -0.05) is 31.6 Å². The maximum Gasteiger partial charge on any atom is 0.437 e. The number of amides is 4. The van der Waals surface area contributed by atoms with Crippen molar-refractivity contribution in [2.45, 2.75) is 132 Å². The van der Waals surface area contributed by atoms with E-state index < -0.39 is 90.9 Å². The van der Waals surface area contributed by atoms with E-state index in [2.05, 4.69) is 26.9 Å². The molecule has 18 heteroatoms. The van der Waals surface area contributed by atoms with Gasteiger partial charge in [-0.15, -0.1) is 0 Å². The zero-order valence-corrected chi connectivity index (χ0v) is 34.5. The molecule has 5 atom stereocenters. The van der Waals surface area contributed by atoms with Crippen LogP contribution in [0, 0.1) is 5.92 Å². The highest BCUT2D eigenvalue weighted by atomic mass is 32.2. The van der Waals surface area contributed by atoms with E-state index in [4.69, 9.17) is 14.2 Å². The molecule has 4 amide bonds. The number of sulfonamides is 1. The molecule has 4 heterocycles. The molecule has 1 aromatic heterocycles. The van der Waals surface area contributed by atoms with E-state index in [1.807, 2.05) is 6.08 Å². The molecule has 2 aliphatic carbocycles. The number of hydrogen-bond donors (Lipinski definition) is 3. The maximum atomic E-state index is 14.8. The molecule has 5 unspecified atom stereocenters. The van der Waals surface area contributed by atoms with Crippen molar-refractivity contribution in [3.8, 4) is 11.5 Å². The number of aryl methyl sites for hydroxylation is 1. The fourth-order valence-corrected chi connectivity index (χ4v) is 9.70. The Morgan fingerprint density at radius 1 is 1.10 bits per heavy atom. The Bertz CT molecular complexity index is 2250. The summed E-state index contributed by atoms with van der Waals surface area (Å²) in [6.45, 7) is 10.2. The minimum atomic E-state index is -4.94. The second kappa shape index (κ2) is 14.7. The van der Waals surface area contributed by atoms with Crippen molar-refractivity contribution in [2.75, 3.05) is 13.7 Å². The number of carbonyl (C=O) groups is 4. The molecule has 59 heavy (non-hydrogen) atoms. The van der Waals surface area contributed by atoms with Gasteiger partial charge >= 0.3 is 12.3 Å². The summed E-state index contributed by atoms with van der Waals surface area (Å²) in [6.07, 6.45) is 0.710. The number of benzene rings is 1. The fraction of sp³-hybridized carbons (Fsp3) is 0.585. The molecule has 3 aliphatic heterocycles. The Morgan fingerprint density at radius 3 is 2.49 bits per heavy atom. The second-order valence-electron chi connectivity index (χ2n) is 17.6. The lowest BCUT2D eigenvalue weighted by Crippen LogP contribution is -2.59. The third-order valence-electron chi connectivity index (χ3n) is 12.1. The Balaban J connectivity index is 1.29. The zero-order chi connectivity index (χ0) is 42.9. The Morgan fingerprint density at radius 2 is 1.83 bits per heavy atom. The minimum absolute atomic E-state index is 0.0488. The number of aromatic nitrogens is 1. The lowest BCUT2D eigenvalue weighted by Gasteiger charge is -2.37. The Hall–Kier alpha value is -4.87. The molecule has 7 rings (SSSR count). The summed E-state index contributed by atoms with van der Waals surface area (Å²) in [5.74, 6) is -3.52. The van der Waals surface area contributed by atoms with Crippen LogP contribution in [-0.4, -0.2) is 89.3 Å². The van der Waals surface area contributed by atoms with Crippen molar-refractivity contribution in [3.05, 3.63) is 53.8 Å². The molecule has 0 radical (unpaired) electrons. The van der Waals surface area contributed by atoms with Gasteiger partial charge in [0.1, 0.15) is 29.0 Å². The van der Waals surface area contributed by atoms with Crippen LogP contribution in [0.2, 0.25) is 0 Å². The molecule has 1 spiro atoms. The van der Waals surface area contributed by atoms with Crippen LogP contribution in [0.25, 0.3) is 10.9 Å². The van der Waals surface area contributed by atoms with Gasteiger partial charge in [-0.05, 0) is 96.4 Å². The predicted octanol–water partition coefficient (Wildman–Crippen LogP) is 5.38. The first-order valence-corrected chi connectivity index (χ1v) is 21.3. The molecular formula is C41H50F3N5O9S. The third-order valence-corrected chi connectivity index (χ3v) is 14.3. The molecule has 2 saturated carbocycles. The molecule has 3 fully saturated rings. The van der Waals surface area contributed by atoms with Crippen LogP contribution < -0.4 is 24.8 Å². The summed E-state index contributed by atoms with van der Waals surface area (Å²) < 4.78 is 89.0. The van der Waals surface area contributed by atoms with E-state index >= 15 is 0 Å². The van der Waals surface area contributed by atoms with Gasteiger partial charge in [-0.3, -0.25) is 19.1 Å². The molecule has 5 aliphatic rings. The van der Waals surface area contributed by atoms with Gasteiger partial charge in [-0.2, -0.15) is 13.2 Å². The van der Waals surface area contributed by atoms with Crippen LogP contribution in [0.4, 0.5) is 18.0 Å². The molecule has 0 bridgehead atoms. The Kier molecular flexibility index (Phi) is 10.5. The van der Waals surface area contributed by atoms with Gasteiger partial charge in [0.25, 0.3) is 5.91 Å². The number of hydrogen-bond acceptors (Lipinski definition) is 10. The summed E-state index contributed by atoms with van der Waals surface area (Å²) in [5.41, 5.74) is -5.10. The van der Waals surface area contributed by atoms with E-state index in [9.17, 15) is 40.8 Å². The number of carbonyl (C=O) groups excluding carboxylic acids is 4. The molecule has 1 saturated heterocycles. The second-order valence-corrected chi connectivity index (χ2v) is 19.8. The number of methoxy groups -OCH3 is 1. The fourth-order valence-electron chi connectivity index (χ4n) is 8.41. The summed E-state index contributed by atoms with van der Waals surface area (Å²) in [5, 5.41) is 5.78. The number of rotatable bonds is 5. The van der Waals surface area contributed by atoms with Gasteiger partial charge in [0.05, 0.1) is 23.9 Å². The van der Waals surface area contributed by atoms with Gasteiger partial charge in [-0.25, -0.2) is 18.2 Å². The molecule has 1 aromatic carbocycles. The number of allylic oxidation sites excluding steroid dienone is 1. The first kappa shape index (κ1) is 42.3. The number of pyridine rings is 1. The number of alkyl carbamates (subject to hydrolysis) is 1. The highest BCUT2D eigenvalue weighted by Gasteiger charge is 2.67. The first-order chi connectivity index (χ1) is 27.5. The van der Waals surface area contributed by atoms with Gasteiger partial charge in [0.2, 0.25) is 21.8 Å². The van der Waals surface area contributed by atoms with E-state index in [0.29, 0.717) is 49.7 Å². The summed E-state index contributed by atoms with van der Waals surface area (Å²) in [6, 6.07) is 1.86. The maximum absolute atomic E-state index is 14.8. The predicted molar refractivity (Wildman–Crippen MR) is 209 cm³/mol. The van der Waals surface area contributed by atoms with E-state index in [0.717, 1.165) is 0 Å². The molecular weight excluding hydrogens is 796 g/mol. The van der Waals surface area contributed by atoms with Crippen molar-refractivity contribution < 1.29 is 55.0 Å². The number of halogens is 3. The van der Waals surface area contributed by atoms with Gasteiger partial charge in [0, 0.05) is 23.3 Å². The van der Waals surface area contributed by atoms with Crippen LogP contribution in [-0.2, 0) is 41.7 Å². The van der Waals surface area contributed by atoms with Crippen molar-refractivity contribution in [1.82, 2.24) is 25.2 Å². The van der Waals surface area contributed by atoms with Crippen LogP contribution in [0.15, 0.2) is 42.5 Å². The highest BCUT2D eigenvalue weighted by molar-refractivity contribution is 7.91. The van der Waals surface area contributed by atoms with Gasteiger partial charge < -0.3 is 29.7 Å². The largest absolute Gasteiger partial charge is 0.497 e. The topological polar surface area (TPSA) is 182 Å². The van der Waals surface area contributed by atoms with Crippen LogP contribution in [0.5, 0.6) is 11.5 Å². The zero-order valence-electron chi connectivity index (χ0n) is 33.7. The van der Waals surface area contributed by atoms with Crippen LogP contribution >= 0.6 is 0 Å². The number of ether oxygens (including phenoxy) is 3. The summed E-state index contributed by atoms with van der Waals surface area (Å²) in [7, 11) is -2.73. The minimum Gasteiger partial charge on any atom is -0.497 e. The normalized spacial score (nSPS) is 28.2. The lowest BCUT2D eigenvalue weighted by molar-refractivity contribution is -0.144. The SMILES string of the molecule is C=C1C2C=CCCCCCC(NC(=O)OC(C)(C)C)C(=O)N3CC4(CCc5c(c(C(F)(F)F)nc6ccc(OC)cc56)O4)CC3C(=O)NC12C(=O)NS(=O)(=O)C1(C)CC1. The van der Waals surface area contributed by atoms with Crippen molar-refractivity contribution in [3.63, 3.8) is 0 Å². The lowest BCUT2D eigenvalue weighted by atomic mass is 9.87. The third kappa shape index (κ3) is 7.96. The average molecular weight is 846 g/mol. The molecule has 3 N–H and O–H groups in total. The smallest absolute Gasteiger partial charge is 0.437 e. The van der Waals surface area contributed by atoms with E-state index in [-0.39, 0.29) is 48.9 Å². The number of fused-ring (bicyclic) bond motifs is 5. The molecule has 14 nitrogen and oxygen atoms in total. The van der Waals surface area contributed by atoms with Crippen LogP contribution in [0.3, 0.4) is 0 Å². The molecule has 320 valence electrons. The van der Waals surface area contributed by atoms with Gasteiger partial charge in [0.15, 0.2) is 17.0 Å². The number of nitrogens with one attached hydrogen (secondary N) is 3. The van der Waals surface area contributed by atoms with Crippen molar-refractivity contribution >= 4 is 44.7 Å². The number of nitrogens with zero attached hydrogens (tertiary/aromatic N) is 2. The molecule has 2 aromatic rings. The quantitative estimate of drug-likeness (QED) is 0.331. The summed E-state index contributed by atoms with van der Waals surface area (Å²) in [4.78, 5) is 61.8. The standard InChI is InChI=1S/C41H50F3N5O9S/c1-23-27-12-10-8-7-9-11-13-29(46-36(53)58-37(2,3)4)34(51)49-22-39(21-30(49)33(50)47-40(23,27)35(52)48-59(54,55)38(5)18-19-38)17-16-25-26-20-24(56-6)14-15-28(26)45-32(31(25)57-39)41(42,43)44/h10,12,14-15,20,27,29-30H,1,7-9,11,13,16-19,21-22H2,2-6H3,(H,46,53)(H,47,50)(H,48,52). The number of alkyl halides is 3. The first-order valence-electron chi connectivity index (χ1n) is 19.8. The van der Waals surface area contributed by atoms with Crippen LogP contribution in [0.1, 0.15) is 96.7 Å². The van der Waals surface area contributed by atoms with Crippen molar-refractivity contribution in [1.29, 1.82) is 0 Å². The monoisotopic (exact) mass is 845 g/mol. The average Bonchev–Trinajstić information content (AvgIpc) is 3.99. The summed E-state index contributed by atoms with van der Waals surface area (Å²) >= 11 is 0. The Labute approximate surface area is 340 Å². The highest BCUT2D eigenvalue weighted by Crippen LogP contribution is 2.53. The van der Waals surface area contributed by atoms with E-state index in [1.165, 1.54) is 31.1 Å². The van der Waals surface area contributed by atoms with E-state index in [1.54, 1.807) is 32.9 Å².